The average molecular weight is 344 g/mol. The zero-order chi connectivity index (χ0) is 17.4. The van der Waals surface area contributed by atoms with Gasteiger partial charge in [0.1, 0.15) is 12.4 Å². The molecule has 136 valence electrons. The summed E-state index contributed by atoms with van der Waals surface area (Å²) >= 11 is 0. The standard InChI is InChI=1S/C21H28O4/c1-20-6-5-15-13(14(20)2-3-16(20)18(24)10-22)9-19-17-8-12(23)4-7-21(15,17)11-25-19/h13-16,22H,2-11H2,1H3/t13?,14?,15?,16?,20-,21-/m0/s1. The van der Waals surface area contributed by atoms with Crippen molar-refractivity contribution in [1.29, 1.82) is 0 Å². The number of Topliss-reactive ketones (excluding diaryl/α,β-unsaturated/α-hetero) is 2. The van der Waals surface area contributed by atoms with Crippen molar-refractivity contribution in [2.75, 3.05) is 13.2 Å². The predicted octanol–water partition coefficient (Wildman–Crippen LogP) is 3.03. The van der Waals surface area contributed by atoms with E-state index in [1.54, 1.807) is 0 Å². The third-order valence-corrected chi connectivity index (χ3v) is 8.78. The molecule has 4 heteroatoms. The molecule has 5 aliphatic rings. The molecule has 1 N–H and O–H groups in total. The number of ether oxygens (including phenoxy) is 1. The second-order valence-corrected chi connectivity index (χ2v) is 9.44. The van der Waals surface area contributed by atoms with Gasteiger partial charge < -0.3 is 9.84 Å². The van der Waals surface area contributed by atoms with Gasteiger partial charge in [-0.25, -0.2) is 0 Å². The molecule has 0 aromatic rings. The molecule has 0 saturated heterocycles. The van der Waals surface area contributed by atoms with E-state index in [4.69, 9.17) is 4.74 Å². The summed E-state index contributed by atoms with van der Waals surface area (Å²) in [5.74, 6) is 3.33. The highest BCUT2D eigenvalue weighted by Gasteiger charge is 2.64. The van der Waals surface area contributed by atoms with E-state index in [0.29, 0.717) is 36.4 Å². The van der Waals surface area contributed by atoms with Crippen LogP contribution >= 0.6 is 0 Å². The lowest BCUT2D eigenvalue weighted by Gasteiger charge is -2.55. The second-order valence-electron chi connectivity index (χ2n) is 9.44. The van der Waals surface area contributed by atoms with Crippen molar-refractivity contribution in [3.63, 3.8) is 0 Å². The van der Waals surface area contributed by atoms with E-state index < -0.39 is 0 Å². The minimum absolute atomic E-state index is 0.0304. The Morgan fingerprint density at radius 1 is 1.24 bits per heavy atom. The number of hydrogen-bond donors (Lipinski definition) is 1. The third-order valence-electron chi connectivity index (χ3n) is 8.78. The van der Waals surface area contributed by atoms with Gasteiger partial charge in [-0.15, -0.1) is 0 Å². The summed E-state index contributed by atoms with van der Waals surface area (Å²) in [7, 11) is 0. The van der Waals surface area contributed by atoms with Crippen LogP contribution in [0.15, 0.2) is 11.3 Å². The number of hydrogen-bond acceptors (Lipinski definition) is 4. The maximum Gasteiger partial charge on any atom is 0.161 e. The molecule has 5 rings (SSSR count). The first-order valence-electron chi connectivity index (χ1n) is 10.0. The lowest BCUT2D eigenvalue weighted by atomic mass is 9.47. The van der Waals surface area contributed by atoms with Gasteiger partial charge in [0.2, 0.25) is 0 Å². The average Bonchev–Trinajstić information content (AvgIpc) is 3.08. The monoisotopic (exact) mass is 344 g/mol. The minimum atomic E-state index is -0.314. The van der Waals surface area contributed by atoms with Crippen molar-refractivity contribution in [2.24, 2.45) is 34.5 Å². The molecule has 0 amide bonds. The van der Waals surface area contributed by atoms with Crippen LogP contribution in [0.5, 0.6) is 0 Å². The van der Waals surface area contributed by atoms with Crippen molar-refractivity contribution in [2.45, 2.75) is 58.3 Å². The molecule has 1 aliphatic heterocycles. The fraction of sp³-hybridized carbons (Fsp3) is 0.810. The third kappa shape index (κ3) is 1.92. The number of aliphatic hydroxyl groups excluding tert-OH is 1. The van der Waals surface area contributed by atoms with Gasteiger partial charge in [0, 0.05) is 30.6 Å². The van der Waals surface area contributed by atoms with Crippen LogP contribution in [0.4, 0.5) is 0 Å². The molecular formula is C21H28O4. The second kappa shape index (κ2) is 5.18. The molecule has 4 nitrogen and oxygen atoms in total. The number of allylic oxidation sites excluding steroid dienone is 1. The molecular weight excluding hydrogens is 316 g/mol. The Labute approximate surface area is 149 Å². The van der Waals surface area contributed by atoms with E-state index in [9.17, 15) is 14.7 Å². The molecule has 0 spiro atoms. The van der Waals surface area contributed by atoms with Gasteiger partial charge in [-0.2, -0.15) is 0 Å². The fourth-order valence-corrected chi connectivity index (χ4v) is 7.62. The number of rotatable bonds is 2. The van der Waals surface area contributed by atoms with Crippen LogP contribution in [-0.4, -0.2) is 29.9 Å². The molecule has 4 aliphatic carbocycles. The highest BCUT2D eigenvalue weighted by Crippen LogP contribution is 2.68. The quantitative estimate of drug-likeness (QED) is 0.836. The maximum atomic E-state index is 12.3. The Kier molecular flexibility index (Phi) is 3.33. The molecule has 0 radical (unpaired) electrons. The van der Waals surface area contributed by atoms with Crippen LogP contribution in [0.1, 0.15) is 58.3 Å². The van der Waals surface area contributed by atoms with Gasteiger partial charge in [-0.05, 0) is 60.8 Å². The van der Waals surface area contributed by atoms with Crippen LogP contribution in [0.2, 0.25) is 0 Å². The molecule has 1 heterocycles. The molecule has 0 aromatic carbocycles. The summed E-state index contributed by atoms with van der Waals surface area (Å²) in [6, 6.07) is 0. The molecule has 25 heavy (non-hydrogen) atoms. The number of carbonyl (C=O) groups is 2. The molecule has 3 fully saturated rings. The molecule has 4 unspecified atom stereocenters. The van der Waals surface area contributed by atoms with Gasteiger partial charge in [-0.3, -0.25) is 9.59 Å². The summed E-state index contributed by atoms with van der Waals surface area (Å²) in [5, 5.41) is 9.40. The van der Waals surface area contributed by atoms with Crippen LogP contribution < -0.4 is 0 Å². The first kappa shape index (κ1) is 16.0. The molecule has 2 bridgehead atoms. The summed E-state index contributed by atoms with van der Waals surface area (Å²) in [6.07, 6.45) is 7.51. The van der Waals surface area contributed by atoms with E-state index in [1.807, 2.05) is 0 Å². The predicted molar refractivity (Wildman–Crippen MR) is 91.5 cm³/mol. The van der Waals surface area contributed by atoms with Crippen molar-refractivity contribution in [1.82, 2.24) is 0 Å². The number of aliphatic hydroxyl groups is 1. The maximum absolute atomic E-state index is 12.3. The van der Waals surface area contributed by atoms with Gasteiger partial charge >= 0.3 is 0 Å². The summed E-state index contributed by atoms with van der Waals surface area (Å²) in [6.45, 7) is 2.77. The van der Waals surface area contributed by atoms with Crippen LogP contribution in [0.3, 0.4) is 0 Å². The normalized spacial score (nSPS) is 47.8. The zero-order valence-electron chi connectivity index (χ0n) is 15.1. The van der Waals surface area contributed by atoms with Crippen molar-refractivity contribution in [3.8, 4) is 0 Å². The fourth-order valence-electron chi connectivity index (χ4n) is 7.62. The van der Waals surface area contributed by atoms with Gasteiger partial charge in [0.05, 0.1) is 12.4 Å². The molecule has 0 aromatic heterocycles. The zero-order valence-corrected chi connectivity index (χ0v) is 15.1. The van der Waals surface area contributed by atoms with Gasteiger partial charge in [0.25, 0.3) is 0 Å². The Morgan fingerprint density at radius 2 is 2.08 bits per heavy atom. The van der Waals surface area contributed by atoms with E-state index in [1.165, 1.54) is 5.57 Å². The van der Waals surface area contributed by atoms with E-state index >= 15 is 0 Å². The summed E-state index contributed by atoms with van der Waals surface area (Å²) in [5.41, 5.74) is 1.50. The summed E-state index contributed by atoms with van der Waals surface area (Å²) < 4.78 is 6.15. The van der Waals surface area contributed by atoms with Crippen LogP contribution in [0.25, 0.3) is 0 Å². The smallest absolute Gasteiger partial charge is 0.161 e. The van der Waals surface area contributed by atoms with Gasteiger partial charge in [-0.1, -0.05) is 6.92 Å². The highest BCUT2D eigenvalue weighted by atomic mass is 16.5. The topological polar surface area (TPSA) is 63.6 Å². The molecule has 6 atom stereocenters. The highest BCUT2D eigenvalue weighted by molar-refractivity contribution is 5.84. The van der Waals surface area contributed by atoms with Crippen molar-refractivity contribution in [3.05, 3.63) is 11.3 Å². The summed E-state index contributed by atoms with van der Waals surface area (Å²) in [4.78, 5) is 24.3. The Hall–Kier alpha value is -1.16. The number of carbonyl (C=O) groups excluding carboxylic acids is 2. The Morgan fingerprint density at radius 3 is 2.88 bits per heavy atom. The number of ketones is 2. The lowest BCUT2D eigenvalue weighted by Crippen LogP contribution is -2.51. The van der Waals surface area contributed by atoms with E-state index in [0.717, 1.165) is 50.9 Å². The Balaban J connectivity index is 1.52. The first-order chi connectivity index (χ1) is 12.0. The largest absolute Gasteiger partial charge is 0.497 e. The Bertz CT molecular complexity index is 679. The van der Waals surface area contributed by atoms with Gasteiger partial charge in [0.15, 0.2) is 5.78 Å². The first-order valence-corrected chi connectivity index (χ1v) is 10.0. The van der Waals surface area contributed by atoms with Crippen LogP contribution in [0, 0.1) is 34.5 Å². The lowest BCUT2D eigenvalue weighted by molar-refractivity contribution is -0.133. The minimum Gasteiger partial charge on any atom is -0.497 e. The number of fused-ring (bicyclic) bond motifs is 3. The SMILES string of the molecule is C[C@]12CCC3C(CC4=C5CC(=O)CC[C@@]53CO4)C1CCC2C(=O)CO. The van der Waals surface area contributed by atoms with E-state index in [2.05, 4.69) is 6.92 Å². The molecule has 3 saturated carbocycles. The van der Waals surface area contributed by atoms with Crippen molar-refractivity contribution >= 4 is 11.6 Å². The van der Waals surface area contributed by atoms with Crippen molar-refractivity contribution < 1.29 is 19.4 Å². The van der Waals surface area contributed by atoms with Crippen LogP contribution in [-0.2, 0) is 14.3 Å². The van der Waals surface area contributed by atoms with E-state index in [-0.39, 0.29) is 29.1 Å².